The summed E-state index contributed by atoms with van der Waals surface area (Å²) in [6, 6.07) is 0. The van der Waals surface area contributed by atoms with Crippen LogP contribution in [-0.4, -0.2) is 61.0 Å². The van der Waals surface area contributed by atoms with E-state index in [1.54, 1.807) is 0 Å². The van der Waals surface area contributed by atoms with Crippen LogP contribution >= 0.6 is 0 Å². The molecule has 5 nitrogen and oxygen atoms in total. The van der Waals surface area contributed by atoms with E-state index in [9.17, 15) is 9.59 Å². The molecule has 24 heavy (non-hydrogen) atoms. The third-order valence-corrected chi connectivity index (χ3v) is 6.04. The van der Waals surface area contributed by atoms with E-state index >= 15 is 0 Å². The van der Waals surface area contributed by atoms with Crippen molar-refractivity contribution in [3.05, 3.63) is 12.2 Å². The summed E-state index contributed by atoms with van der Waals surface area (Å²) in [5.74, 6) is 1.15. The predicted molar refractivity (Wildman–Crippen MR) is 92.3 cm³/mol. The molecule has 0 aromatic carbocycles. The molecule has 0 unspecified atom stereocenters. The standard InChI is InChI=1S/C19H30N2O3/c1-14-7-8-21(13-15(14)2)19(23)17-6-4-3-5-16(17)18(22)20-9-11-24-12-10-20/h3-4,14-17H,5-13H2,1-2H3/t14-,15+,16+,17-/m1/s1. The first-order valence-electron chi connectivity index (χ1n) is 9.38. The number of hydrogen-bond acceptors (Lipinski definition) is 3. The Hall–Kier alpha value is -1.36. The number of amides is 2. The molecule has 3 rings (SSSR count). The van der Waals surface area contributed by atoms with Crippen LogP contribution in [0.3, 0.4) is 0 Å². The average Bonchev–Trinajstić information content (AvgIpc) is 2.63. The summed E-state index contributed by atoms with van der Waals surface area (Å²) in [6.45, 7) is 8.67. The van der Waals surface area contributed by atoms with Crippen molar-refractivity contribution in [2.45, 2.75) is 33.1 Å². The highest BCUT2D eigenvalue weighted by Gasteiger charge is 2.39. The van der Waals surface area contributed by atoms with E-state index in [4.69, 9.17) is 4.74 Å². The van der Waals surface area contributed by atoms with Gasteiger partial charge in [0, 0.05) is 26.2 Å². The molecule has 0 saturated carbocycles. The van der Waals surface area contributed by atoms with Crippen molar-refractivity contribution in [1.82, 2.24) is 9.80 Å². The van der Waals surface area contributed by atoms with Crippen LogP contribution in [0.2, 0.25) is 0 Å². The molecule has 1 aliphatic carbocycles. The molecule has 0 spiro atoms. The minimum Gasteiger partial charge on any atom is -0.378 e. The highest BCUT2D eigenvalue weighted by atomic mass is 16.5. The van der Waals surface area contributed by atoms with E-state index in [1.165, 1.54) is 0 Å². The molecule has 2 amide bonds. The summed E-state index contributed by atoms with van der Waals surface area (Å²) in [7, 11) is 0. The second-order valence-corrected chi connectivity index (χ2v) is 7.62. The average molecular weight is 334 g/mol. The molecule has 134 valence electrons. The molecular weight excluding hydrogens is 304 g/mol. The van der Waals surface area contributed by atoms with E-state index in [0.717, 1.165) is 19.5 Å². The first-order chi connectivity index (χ1) is 11.6. The van der Waals surface area contributed by atoms with Crippen molar-refractivity contribution in [3.8, 4) is 0 Å². The molecule has 2 aliphatic heterocycles. The molecule has 0 aromatic rings. The summed E-state index contributed by atoms with van der Waals surface area (Å²) in [6.07, 6.45) is 6.58. The number of ether oxygens (including phenoxy) is 1. The van der Waals surface area contributed by atoms with Crippen molar-refractivity contribution < 1.29 is 14.3 Å². The van der Waals surface area contributed by atoms with Crippen molar-refractivity contribution in [2.75, 3.05) is 39.4 Å². The van der Waals surface area contributed by atoms with Crippen LogP contribution in [0.5, 0.6) is 0 Å². The Balaban J connectivity index is 1.68. The summed E-state index contributed by atoms with van der Waals surface area (Å²) < 4.78 is 5.35. The largest absolute Gasteiger partial charge is 0.378 e. The minimum absolute atomic E-state index is 0.138. The zero-order valence-electron chi connectivity index (χ0n) is 14.9. The maximum Gasteiger partial charge on any atom is 0.226 e. The number of hydrogen-bond donors (Lipinski definition) is 0. The van der Waals surface area contributed by atoms with Gasteiger partial charge < -0.3 is 14.5 Å². The zero-order chi connectivity index (χ0) is 17.1. The number of allylic oxidation sites excluding steroid dienone is 2. The van der Waals surface area contributed by atoms with Crippen molar-refractivity contribution in [1.29, 1.82) is 0 Å². The van der Waals surface area contributed by atoms with Crippen LogP contribution < -0.4 is 0 Å². The number of rotatable bonds is 2. The Morgan fingerprint density at radius 1 is 0.875 bits per heavy atom. The van der Waals surface area contributed by atoms with Gasteiger partial charge in [-0.05, 0) is 31.1 Å². The Kier molecular flexibility index (Phi) is 5.59. The molecule has 0 radical (unpaired) electrons. The predicted octanol–water partition coefficient (Wildman–Crippen LogP) is 1.93. The molecule has 3 aliphatic rings. The fourth-order valence-electron chi connectivity index (χ4n) is 4.08. The lowest BCUT2D eigenvalue weighted by Crippen LogP contribution is -2.51. The summed E-state index contributed by atoms with van der Waals surface area (Å²) in [4.78, 5) is 29.9. The highest BCUT2D eigenvalue weighted by Crippen LogP contribution is 2.32. The quantitative estimate of drug-likeness (QED) is 0.725. The number of morpholine rings is 1. The van der Waals surface area contributed by atoms with E-state index in [-0.39, 0.29) is 23.7 Å². The van der Waals surface area contributed by atoms with E-state index in [0.29, 0.717) is 51.0 Å². The van der Waals surface area contributed by atoms with Gasteiger partial charge in [-0.3, -0.25) is 9.59 Å². The smallest absolute Gasteiger partial charge is 0.226 e. The molecule has 0 bridgehead atoms. The first-order valence-corrected chi connectivity index (χ1v) is 9.38. The maximum absolute atomic E-state index is 13.1. The van der Waals surface area contributed by atoms with E-state index < -0.39 is 0 Å². The summed E-state index contributed by atoms with van der Waals surface area (Å²) in [5, 5.41) is 0. The highest BCUT2D eigenvalue weighted by molar-refractivity contribution is 5.88. The van der Waals surface area contributed by atoms with Crippen molar-refractivity contribution in [2.24, 2.45) is 23.7 Å². The lowest BCUT2D eigenvalue weighted by molar-refractivity contribution is -0.150. The summed E-state index contributed by atoms with van der Waals surface area (Å²) in [5.41, 5.74) is 0. The number of carbonyl (C=O) groups is 2. The van der Waals surface area contributed by atoms with E-state index in [2.05, 4.69) is 26.0 Å². The van der Waals surface area contributed by atoms with Gasteiger partial charge in [0.25, 0.3) is 0 Å². The van der Waals surface area contributed by atoms with Crippen molar-refractivity contribution in [3.63, 3.8) is 0 Å². The molecule has 2 heterocycles. The monoisotopic (exact) mass is 334 g/mol. The number of likely N-dealkylation sites (tertiary alicyclic amines) is 1. The Labute approximate surface area is 145 Å². The second kappa shape index (κ2) is 7.68. The Morgan fingerprint density at radius 2 is 1.46 bits per heavy atom. The van der Waals surface area contributed by atoms with Gasteiger partial charge in [-0.15, -0.1) is 0 Å². The van der Waals surface area contributed by atoms with Crippen LogP contribution in [0.1, 0.15) is 33.1 Å². The van der Waals surface area contributed by atoms with Gasteiger partial charge >= 0.3 is 0 Å². The van der Waals surface area contributed by atoms with Crippen LogP contribution in [-0.2, 0) is 14.3 Å². The first kappa shape index (κ1) is 17.5. The van der Waals surface area contributed by atoms with Crippen LogP contribution in [0.25, 0.3) is 0 Å². The molecule has 0 N–H and O–H groups in total. The normalized spacial score (nSPS) is 34.2. The Bertz CT molecular complexity index is 499. The van der Waals surface area contributed by atoms with Crippen molar-refractivity contribution >= 4 is 11.8 Å². The van der Waals surface area contributed by atoms with Crippen LogP contribution in [0, 0.1) is 23.7 Å². The fraction of sp³-hybridized carbons (Fsp3) is 0.789. The minimum atomic E-state index is -0.199. The third kappa shape index (κ3) is 3.66. The summed E-state index contributed by atoms with van der Waals surface area (Å²) >= 11 is 0. The lowest BCUT2D eigenvalue weighted by atomic mass is 9.80. The lowest BCUT2D eigenvalue weighted by Gasteiger charge is -2.40. The third-order valence-electron chi connectivity index (χ3n) is 6.04. The molecule has 4 atom stereocenters. The molecule has 2 saturated heterocycles. The second-order valence-electron chi connectivity index (χ2n) is 7.62. The molecule has 5 heteroatoms. The van der Waals surface area contributed by atoms with Gasteiger partial charge in [0.2, 0.25) is 11.8 Å². The fourth-order valence-corrected chi connectivity index (χ4v) is 4.08. The topological polar surface area (TPSA) is 49.9 Å². The van der Waals surface area contributed by atoms with Gasteiger partial charge in [-0.1, -0.05) is 26.0 Å². The maximum atomic E-state index is 13.1. The SMILES string of the molecule is C[C@@H]1CCN(C(=O)[C@@H]2CC=CC[C@@H]2C(=O)N2CCOCC2)C[C@@H]1C. The Morgan fingerprint density at radius 3 is 2.04 bits per heavy atom. The van der Waals surface area contributed by atoms with Crippen LogP contribution in [0.4, 0.5) is 0 Å². The van der Waals surface area contributed by atoms with Gasteiger partial charge in [0.15, 0.2) is 0 Å². The number of piperidine rings is 1. The number of nitrogens with zero attached hydrogens (tertiary/aromatic N) is 2. The van der Waals surface area contributed by atoms with E-state index in [1.807, 2.05) is 9.80 Å². The molecule has 0 aromatic heterocycles. The van der Waals surface area contributed by atoms with Gasteiger partial charge in [0.05, 0.1) is 25.0 Å². The molecule has 2 fully saturated rings. The zero-order valence-corrected chi connectivity index (χ0v) is 14.9. The van der Waals surface area contributed by atoms with Gasteiger partial charge in [-0.2, -0.15) is 0 Å². The molecular formula is C19H30N2O3. The van der Waals surface area contributed by atoms with Gasteiger partial charge in [0.1, 0.15) is 0 Å². The van der Waals surface area contributed by atoms with Gasteiger partial charge in [-0.25, -0.2) is 0 Å². The van der Waals surface area contributed by atoms with Crippen LogP contribution in [0.15, 0.2) is 12.2 Å². The number of carbonyl (C=O) groups excluding carboxylic acids is 2.